The minimum Gasteiger partial charge on any atom is -0.271 e. The second-order valence-electron chi connectivity index (χ2n) is 4.49. The van der Waals surface area contributed by atoms with E-state index in [9.17, 15) is 4.39 Å². The molecule has 3 nitrogen and oxygen atoms in total. The summed E-state index contributed by atoms with van der Waals surface area (Å²) >= 11 is 0. The van der Waals surface area contributed by atoms with Crippen molar-refractivity contribution in [2.24, 2.45) is 5.84 Å². The number of rotatable bonds is 5. The predicted molar refractivity (Wildman–Crippen MR) is 73.8 cm³/mol. The molecule has 0 aliphatic carbocycles. The van der Waals surface area contributed by atoms with Crippen LogP contribution in [0.4, 0.5) is 4.39 Å². The molecule has 1 atom stereocenters. The summed E-state index contributed by atoms with van der Waals surface area (Å²) in [6.45, 7) is 2.09. The summed E-state index contributed by atoms with van der Waals surface area (Å²) in [4.78, 5) is 4.40. The highest BCUT2D eigenvalue weighted by molar-refractivity contribution is 5.23. The van der Waals surface area contributed by atoms with Crippen molar-refractivity contribution in [3.8, 4) is 0 Å². The van der Waals surface area contributed by atoms with E-state index in [1.807, 2.05) is 18.3 Å². The summed E-state index contributed by atoms with van der Waals surface area (Å²) < 4.78 is 13.2. The highest BCUT2D eigenvalue weighted by Gasteiger charge is 2.12. The first-order valence-electron chi connectivity index (χ1n) is 6.38. The molecular formula is C15H18FN3. The van der Waals surface area contributed by atoms with E-state index in [1.54, 1.807) is 6.07 Å². The van der Waals surface area contributed by atoms with Gasteiger partial charge >= 0.3 is 0 Å². The third kappa shape index (κ3) is 3.59. The van der Waals surface area contributed by atoms with Gasteiger partial charge in [-0.1, -0.05) is 25.1 Å². The molecule has 100 valence electrons. The van der Waals surface area contributed by atoms with Crippen LogP contribution in [0.1, 0.15) is 29.8 Å². The summed E-state index contributed by atoms with van der Waals surface area (Å²) in [6.07, 6.45) is 3.47. The third-order valence-electron chi connectivity index (χ3n) is 3.16. The zero-order chi connectivity index (χ0) is 13.7. The lowest BCUT2D eigenvalue weighted by molar-refractivity contribution is 0.539. The number of halogens is 1. The molecule has 19 heavy (non-hydrogen) atoms. The van der Waals surface area contributed by atoms with Crippen LogP contribution in [-0.2, 0) is 12.8 Å². The molecule has 0 bridgehead atoms. The highest BCUT2D eigenvalue weighted by atomic mass is 19.1. The van der Waals surface area contributed by atoms with Gasteiger partial charge in [-0.05, 0) is 35.7 Å². The second-order valence-corrected chi connectivity index (χ2v) is 4.49. The van der Waals surface area contributed by atoms with Crippen molar-refractivity contribution in [1.29, 1.82) is 0 Å². The lowest BCUT2D eigenvalue weighted by Crippen LogP contribution is -2.29. The molecule has 0 saturated heterocycles. The fraction of sp³-hybridized carbons (Fsp3) is 0.267. The fourth-order valence-corrected chi connectivity index (χ4v) is 1.99. The topological polar surface area (TPSA) is 50.9 Å². The monoisotopic (exact) mass is 259 g/mol. The highest BCUT2D eigenvalue weighted by Crippen LogP contribution is 2.17. The smallest absolute Gasteiger partial charge is 0.123 e. The summed E-state index contributed by atoms with van der Waals surface area (Å²) in [7, 11) is 0. The maximum atomic E-state index is 13.2. The number of pyridine rings is 1. The zero-order valence-electron chi connectivity index (χ0n) is 10.9. The van der Waals surface area contributed by atoms with Crippen LogP contribution in [0.15, 0.2) is 42.6 Å². The molecule has 0 aliphatic heterocycles. The average molecular weight is 259 g/mol. The molecule has 3 N–H and O–H groups in total. The molecule has 1 unspecified atom stereocenters. The van der Waals surface area contributed by atoms with Gasteiger partial charge in [0, 0.05) is 18.3 Å². The number of nitrogens with one attached hydrogen (secondary N) is 1. The molecule has 0 fully saturated rings. The molecule has 2 aromatic rings. The minimum absolute atomic E-state index is 0.143. The maximum absolute atomic E-state index is 13.2. The standard InChI is InChI=1S/C15H18FN3/c1-2-11-6-7-14(18-10-11)9-15(19-17)12-4-3-5-13(16)8-12/h3-8,10,15,19H,2,9,17H2,1H3. The van der Waals surface area contributed by atoms with Crippen LogP contribution in [-0.4, -0.2) is 4.98 Å². The van der Waals surface area contributed by atoms with Crippen molar-refractivity contribution in [2.75, 3.05) is 0 Å². The first kappa shape index (κ1) is 13.6. The molecule has 2 rings (SSSR count). The number of aryl methyl sites for hydroxylation is 1. The van der Waals surface area contributed by atoms with Gasteiger partial charge in [-0.25, -0.2) is 4.39 Å². The van der Waals surface area contributed by atoms with Crippen LogP contribution < -0.4 is 11.3 Å². The largest absolute Gasteiger partial charge is 0.271 e. The van der Waals surface area contributed by atoms with Crippen LogP contribution in [0, 0.1) is 5.82 Å². The first-order chi connectivity index (χ1) is 9.22. The Hall–Kier alpha value is -1.78. The molecule has 1 heterocycles. The van der Waals surface area contributed by atoms with Gasteiger partial charge in [0.15, 0.2) is 0 Å². The number of aromatic nitrogens is 1. The Labute approximate surface area is 112 Å². The Morgan fingerprint density at radius 2 is 2.16 bits per heavy atom. The summed E-state index contributed by atoms with van der Waals surface area (Å²) in [5.41, 5.74) is 5.67. The number of benzene rings is 1. The maximum Gasteiger partial charge on any atom is 0.123 e. The third-order valence-corrected chi connectivity index (χ3v) is 3.16. The fourth-order valence-electron chi connectivity index (χ4n) is 1.99. The molecular weight excluding hydrogens is 241 g/mol. The van der Waals surface area contributed by atoms with E-state index in [1.165, 1.54) is 17.7 Å². The second kappa shape index (κ2) is 6.41. The van der Waals surface area contributed by atoms with E-state index >= 15 is 0 Å². The molecule has 1 aromatic carbocycles. The van der Waals surface area contributed by atoms with Gasteiger partial charge in [-0.3, -0.25) is 16.3 Å². The Morgan fingerprint density at radius 3 is 2.74 bits per heavy atom. The number of hydrogen-bond donors (Lipinski definition) is 2. The molecule has 0 radical (unpaired) electrons. The molecule has 0 amide bonds. The number of nitrogens with two attached hydrogens (primary N) is 1. The van der Waals surface area contributed by atoms with E-state index in [0.717, 1.165) is 17.7 Å². The Bertz CT molecular complexity index is 525. The van der Waals surface area contributed by atoms with Gasteiger partial charge in [-0.15, -0.1) is 0 Å². The normalized spacial score (nSPS) is 12.4. The average Bonchev–Trinajstić information content (AvgIpc) is 2.45. The van der Waals surface area contributed by atoms with Crippen LogP contribution in [0.5, 0.6) is 0 Å². The minimum atomic E-state index is -0.257. The van der Waals surface area contributed by atoms with Gasteiger partial charge < -0.3 is 0 Å². The lowest BCUT2D eigenvalue weighted by Gasteiger charge is -2.16. The molecule has 4 heteroatoms. The number of hydrazine groups is 1. The molecule has 0 aliphatic rings. The van der Waals surface area contributed by atoms with E-state index in [4.69, 9.17) is 5.84 Å². The molecule has 0 saturated carbocycles. The van der Waals surface area contributed by atoms with E-state index in [-0.39, 0.29) is 11.9 Å². The van der Waals surface area contributed by atoms with Crippen molar-refractivity contribution < 1.29 is 4.39 Å². The van der Waals surface area contributed by atoms with Crippen molar-refractivity contribution >= 4 is 0 Å². The number of hydrogen-bond acceptors (Lipinski definition) is 3. The van der Waals surface area contributed by atoms with Crippen LogP contribution >= 0.6 is 0 Å². The first-order valence-corrected chi connectivity index (χ1v) is 6.38. The van der Waals surface area contributed by atoms with Crippen molar-refractivity contribution in [1.82, 2.24) is 10.4 Å². The number of nitrogens with zero attached hydrogens (tertiary/aromatic N) is 1. The zero-order valence-corrected chi connectivity index (χ0v) is 10.9. The summed E-state index contributed by atoms with van der Waals surface area (Å²) in [5.74, 6) is 5.30. The van der Waals surface area contributed by atoms with Crippen molar-refractivity contribution in [3.05, 3.63) is 65.2 Å². The Morgan fingerprint density at radius 1 is 1.32 bits per heavy atom. The van der Waals surface area contributed by atoms with Gasteiger partial charge in [0.2, 0.25) is 0 Å². The van der Waals surface area contributed by atoms with Crippen molar-refractivity contribution in [3.63, 3.8) is 0 Å². The van der Waals surface area contributed by atoms with Crippen LogP contribution in [0.3, 0.4) is 0 Å². The summed E-state index contributed by atoms with van der Waals surface area (Å²) in [5, 5.41) is 0. The van der Waals surface area contributed by atoms with E-state index in [2.05, 4.69) is 23.4 Å². The summed E-state index contributed by atoms with van der Waals surface area (Å²) in [6, 6.07) is 10.4. The lowest BCUT2D eigenvalue weighted by atomic mass is 10.0. The van der Waals surface area contributed by atoms with Crippen LogP contribution in [0.25, 0.3) is 0 Å². The van der Waals surface area contributed by atoms with E-state index < -0.39 is 0 Å². The van der Waals surface area contributed by atoms with Gasteiger partial charge in [0.25, 0.3) is 0 Å². The quantitative estimate of drug-likeness (QED) is 0.641. The Kier molecular flexibility index (Phi) is 4.60. The Balaban J connectivity index is 2.14. The SMILES string of the molecule is CCc1ccc(CC(NN)c2cccc(F)c2)nc1. The van der Waals surface area contributed by atoms with E-state index in [0.29, 0.717) is 6.42 Å². The van der Waals surface area contributed by atoms with Crippen LogP contribution in [0.2, 0.25) is 0 Å². The van der Waals surface area contributed by atoms with Gasteiger partial charge in [-0.2, -0.15) is 0 Å². The molecule has 0 spiro atoms. The predicted octanol–water partition coefficient (Wildman–Crippen LogP) is 2.53. The van der Waals surface area contributed by atoms with Gasteiger partial charge in [0.1, 0.15) is 5.82 Å². The van der Waals surface area contributed by atoms with Gasteiger partial charge in [0.05, 0.1) is 6.04 Å². The molecule has 1 aromatic heterocycles. The van der Waals surface area contributed by atoms with Crippen molar-refractivity contribution in [2.45, 2.75) is 25.8 Å².